The van der Waals surface area contributed by atoms with Crippen molar-refractivity contribution in [2.75, 3.05) is 5.73 Å². The summed E-state index contributed by atoms with van der Waals surface area (Å²) in [6, 6.07) is 7.28. The lowest BCUT2D eigenvalue weighted by atomic mass is 10.1. The van der Waals surface area contributed by atoms with Gasteiger partial charge in [-0.05, 0) is 35.9 Å². The van der Waals surface area contributed by atoms with Crippen molar-refractivity contribution in [3.8, 4) is 16.2 Å². The SMILES string of the molecule is Nc1cc(-c2ccc(C(=O)c3cc(F)c(F)c(O)c3F)s2)ccc1F. The second kappa shape index (κ2) is 6.21. The number of aromatic hydroxyl groups is 1. The van der Waals surface area contributed by atoms with Crippen molar-refractivity contribution < 1.29 is 27.5 Å². The Kier molecular flexibility index (Phi) is 4.22. The number of phenols is 1. The Hall–Kier alpha value is -2.87. The Morgan fingerprint density at radius 1 is 0.960 bits per heavy atom. The Labute approximate surface area is 143 Å². The van der Waals surface area contributed by atoms with Gasteiger partial charge in [-0.2, -0.15) is 4.39 Å². The molecule has 0 radical (unpaired) electrons. The van der Waals surface area contributed by atoms with Crippen LogP contribution in [0.4, 0.5) is 23.2 Å². The maximum Gasteiger partial charge on any atom is 0.206 e. The minimum absolute atomic E-state index is 0.0298. The summed E-state index contributed by atoms with van der Waals surface area (Å²) in [5.74, 6) is -7.89. The quantitative estimate of drug-likeness (QED) is 0.310. The van der Waals surface area contributed by atoms with E-state index in [4.69, 9.17) is 5.73 Å². The van der Waals surface area contributed by atoms with Crippen LogP contribution in [0.3, 0.4) is 0 Å². The maximum absolute atomic E-state index is 13.9. The number of phenolic OH excluding ortho intramolecular Hbond substituents is 1. The topological polar surface area (TPSA) is 63.3 Å². The first-order chi connectivity index (χ1) is 11.8. The predicted molar refractivity (Wildman–Crippen MR) is 85.5 cm³/mol. The molecule has 8 heteroatoms. The van der Waals surface area contributed by atoms with E-state index in [9.17, 15) is 27.5 Å². The van der Waals surface area contributed by atoms with Gasteiger partial charge in [0.05, 0.1) is 16.1 Å². The predicted octanol–water partition coefficient (Wildman–Crippen LogP) is 4.49. The number of ketones is 1. The first-order valence-corrected chi connectivity index (χ1v) is 7.67. The first-order valence-electron chi connectivity index (χ1n) is 6.86. The van der Waals surface area contributed by atoms with E-state index in [0.29, 0.717) is 16.5 Å². The molecule has 3 rings (SSSR count). The van der Waals surface area contributed by atoms with E-state index < -0.39 is 40.4 Å². The molecule has 1 aromatic heterocycles. The highest BCUT2D eigenvalue weighted by atomic mass is 32.1. The van der Waals surface area contributed by atoms with E-state index >= 15 is 0 Å². The van der Waals surface area contributed by atoms with E-state index in [-0.39, 0.29) is 10.6 Å². The summed E-state index contributed by atoms with van der Waals surface area (Å²) in [6.07, 6.45) is 0. The van der Waals surface area contributed by atoms with Gasteiger partial charge in [0.15, 0.2) is 17.4 Å². The van der Waals surface area contributed by atoms with Crippen LogP contribution in [-0.2, 0) is 0 Å². The summed E-state index contributed by atoms with van der Waals surface area (Å²) in [6.45, 7) is 0. The number of carbonyl (C=O) groups excluding carboxylic acids is 1. The lowest BCUT2D eigenvalue weighted by molar-refractivity contribution is 0.103. The largest absolute Gasteiger partial charge is 0.503 e. The zero-order valence-corrected chi connectivity index (χ0v) is 13.1. The van der Waals surface area contributed by atoms with Crippen LogP contribution in [0.15, 0.2) is 36.4 Å². The molecule has 0 aliphatic heterocycles. The van der Waals surface area contributed by atoms with Gasteiger partial charge in [-0.25, -0.2) is 13.2 Å². The number of thiophene rings is 1. The molecule has 0 saturated heterocycles. The van der Waals surface area contributed by atoms with Crippen LogP contribution in [0.2, 0.25) is 0 Å². The number of halogens is 4. The van der Waals surface area contributed by atoms with Gasteiger partial charge < -0.3 is 10.8 Å². The number of benzene rings is 2. The highest BCUT2D eigenvalue weighted by Gasteiger charge is 2.24. The van der Waals surface area contributed by atoms with Gasteiger partial charge in [0, 0.05) is 4.88 Å². The van der Waals surface area contributed by atoms with Gasteiger partial charge >= 0.3 is 0 Å². The lowest BCUT2D eigenvalue weighted by Crippen LogP contribution is -2.05. The molecule has 0 unspecified atom stereocenters. The minimum Gasteiger partial charge on any atom is -0.503 e. The molecule has 128 valence electrons. The van der Waals surface area contributed by atoms with Crippen LogP contribution in [0, 0.1) is 23.3 Å². The maximum atomic E-state index is 13.9. The summed E-state index contributed by atoms with van der Waals surface area (Å²) in [4.78, 5) is 12.9. The number of nitrogen functional groups attached to an aromatic ring is 1. The van der Waals surface area contributed by atoms with Crippen molar-refractivity contribution in [1.82, 2.24) is 0 Å². The van der Waals surface area contributed by atoms with Crippen LogP contribution >= 0.6 is 11.3 Å². The van der Waals surface area contributed by atoms with Crippen LogP contribution in [0.1, 0.15) is 15.2 Å². The molecule has 25 heavy (non-hydrogen) atoms. The third-order valence-electron chi connectivity index (χ3n) is 3.49. The molecular weight excluding hydrogens is 358 g/mol. The Balaban J connectivity index is 2.00. The Morgan fingerprint density at radius 2 is 1.68 bits per heavy atom. The normalized spacial score (nSPS) is 10.9. The summed E-state index contributed by atoms with van der Waals surface area (Å²) < 4.78 is 53.6. The van der Waals surface area contributed by atoms with Crippen LogP contribution < -0.4 is 5.73 Å². The molecule has 3 nitrogen and oxygen atoms in total. The Morgan fingerprint density at radius 3 is 2.36 bits per heavy atom. The Bertz CT molecular complexity index is 1000. The van der Waals surface area contributed by atoms with E-state index in [0.717, 1.165) is 11.3 Å². The zero-order chi connectivity index (χ0) is 18.3. The third-order valence-corrected chi connectivity index (χ3v) is 4.62. The molecule has 0 aliphatic rings. The van der Waals surface area contributed by atoms with E-state index in [2.05, 4.69) is 0 Å². The number of carbonyl (C=O) groups is 1. The van der Waals surface area contributed by atoms with Crippen LogP contribution in [0.25, 0.3) is 10.4 Å². The van der Waals surface area contributed by atoms with Crippen molar-refractivity contribution in [2.45, 2.75) is 0 Å². The summed E-state index contributed by atoms with van der Waals surface area (Å²) in [5, 5.41) is 9.22. The number of hydrogen-bond donors (Lipinski definition) is 2. The van der Waals surface area contributed by atoms with Crippen molar-refractivity contribution in [2.24, 2.45) is 0 Å². The summed E-state index contributed by atoms with van der Waals surface area (Å²) >= 11 is 0.936. The molecule has 2 aromatic carbocycles. The van der Waals surface area contributed by atoms with Crippen LogP contribution in [-0.4, -0.2) is 10.9 Å². The van der Waals surface area contributed by atoms with Gasteiger partial charge in [-0.1, -0.05) is 6.07 Å². The minimum atomic E-state index is -1.76. The standard InChI is InChI=1S/C17H9F4NO2S/c18-9-2-1-7(5-11(9)22)12-3-4-13(25-12)16(23)8-6-10(19)15(21)17(24)14(8)20/h1-6,24H,22H2. The third kappa shape index (κ3) is 2.96. The molecule has 0 amide bonds. The smallest absolute Gasteiger partial charge is 0.206 e. The molecule has 3 N–H and O–H groups in total. The summed E-state index contributed by atoms with van der Waals surface area (Å²) in [7, 11) is 0. The fourth-order valence-corrected chi connectivity index (χ4v) is 3.16. The molecule has 0 saturated carbocycles. The first kappa shape index (κ1) is 17.0. The second-order valence-electron chi connectivity index (χ2n) is 5.11. The van der Waals surface area contributed by atoms with Gasteiger partial charge in [-0.3, -0.25) is 4.79 Å². The average molecular weight is 367 g/mol. The van der Waals surface area contributed by atoms with Crippen molar-refractivity contribution in [1.29, 1.82) is 0 Å². The molecule has 0 fully saturated rings. The van der Waals surface area contributed by atoms with Crippen molar-refractivity contribution in [3.63, 3.8) is 0 Å². The van der Waals surface area contributed by atoms with Gasteiger partial charge in [-0.15, -0.1) is 11.3 Å². The van der Waals surface area contributed by atoms with Gasteiger partial charge in [0.2, 0.25) is 11.6 Å². The molecule has 0 atom stereocenters. The molecule has 0 spiro atoms. The number of nitrogens with two attached hydrogens (primary N) is 1. The van der Waals surface area contributed by atoms with E-state index in [1.165, 1.54) is 30.3 Å². The number of anilines is 1. The fourth-order valence-electron chi connectivity index (χ4n) is 2.20. The molecule has 1 heterocycles. The lowest BCUT2D eigenvalue weighted by Gasteiger charge is -2.05. The molecule has 0 bridgehead atoms. The van der Waals surface area contributed by atoms with Crippen molar-refractivity contribution in [3.05, 3.63) is 70.1 Å². The van der Waals surface area contributed by atoms with Gasteiger partial charge in [0.1, 0.15) is 5.82 Å². The zero-order valence-electron chi connectivity index (χ0n) is 12.3. The van der Waals surface area contributed by atoms with Crippen LogP contribution in [0.5, 0.6) is 5.75 Å². The number of hydrogen-bond acceptors (Lipinski definition) is 4. The molecule has 0 aliphatic carbocycles. The monoisotopic (exact) mass is 367 g/mol. The fraction of sp³-hybridized carbons (Fsp3) is 0. The highest BCUT2D eigenvalue weighted by molar-refractivity contribution is 7.17. The second-order valence-corrected chi connectivity index (χ2v) is 6.20. The van der Waals surface area contributed by atoms with E-state index in [1.807, 2.05) is 0 Å². The molecule has 3 aromatic rings. The average Bonchev–Trinajstić information content (AvgIpc) is 3.08. The summed E-state index contributed by atoms with van der Waals surface area (Å²) in [5.41, 5.74) is 5.17. The van der Waals surface area contributed by atoms with Gasteiger partial charge in [0.25, 0.3) is 0 Å². The van der Waals surface area contributed by atoms with Crippen molar-refractivity contribution >= 4 is 22.8 Å². The highest BCUT2D eigenvalue weighted by Crippen LogP contribution is 2.33. The molecular formula is C17H9F4NO2S. The van der Waals surface area contributed by atoms with E-state index in [1.54, 1.807) is 0 Å². The number of rotatable bonds is 3.